The summed E-state index contributed by atoms with van der Waals surface area (Å²) in [5, 5.41) is 5.09. The van der Waals surface area contributed by atoms with E-state index >= 15 is 0 Å². The van der Waals surface area contributed by atoms with Gasteiger partial charge in [-0.3, -0.25) is 0 Å². The van der Waals surface area contributed by atoms with E-state index < -0.39 is 0 Å². The molecule has 1 aromatic heterocycles. The first-order valence-corrected chi connectivity index (χ1v) is 15.7. The molecule has 216 valence electrons. The van der Waals surface area contributed by atoms with Gasteiger partial charge in [0.05, 0.1) is 18.6 Å². The third kappa shape index (κ3) is 4.34. The smallest absolute Gasteiger partial charge is 0.240 e. The number of aromatic nitrogens is 2. The zero-order valence-electron chi connectivity index (χ0n) is 25.8. The van der Waals surface area contributed by atoms with Crippen molar-refractivity contribution >= 4 is 32.6 Å². The fourth-order valence-corrected chi connectivity index (χ4v) is 7.24. The summed E-state index contributed by atoms with van der Waals surface area (Å²) < 4.78 is 14.0. The highest BCUT2D eigenvalue weighted by atomic mass is 16.5. The topological polar surface area (TPSA) is 35.2 Å². The molecule has 5 aromatic carbocycles. The number of fused-ring (bicyclic) bond motifs is 3. The van der Waals surface area contributed by atoms with Gasteiger partial charge < -0.3 is 9.47 Å². The van der Waals surface area contributed by atoms with Gasteiger partial charge in [0.15, 0.2) is 11.7 Å². The van der Waals surface area contributed by atoms with Gasteiger partial charge in [-0.25, -0.2) is 4.98 Å². The lowest BCUT2D eigenvalue weighted by Gasteiger charge is -2.33. The normalized spacial score (nSPS) is 13.7. The van der Waals surface area contributed by atoms with Crippen LogP contribution in [-0.4, -0.2) is 18.2 Å². The summed E-state index contributed by atoms with van der Waals surface area (Å²) in [6, 6.07) is 28.6. The number of benzene rings is 5. The number of ether oxygens (including phenoxy) is 2. The van der Waals surface area contributed by atoms with Crippen molar-refractivity contribution in [3.8, 4) is 33.8 Å². The molecule has 43 heavy (non-hydrogen) atoms. The van der Waals surface area contributed by atoms with E-state index in [2.05, 4.69) is 110 Å². The molecule has 6 aromatic rings. The Kier molecular flexibility index (Phi) is 6.80. The lowest BCUT2D eigenvalue weighted by molar-refractivity contribution is -0.744. The molecular weight excluding hydrogens is 528 g/mol. The monoisotopic (exact) mass is 567 g/mol. The van der Waals surface area contributed by atoms with Crippen molar-refractivity contribution in [1.82, 2.24) is 4.98 Å². The molecule has 0 spiro atoms. The van der Waals surface area contributed by atoms with E-state index in [0.29, 0.717) is 13.2 Å². The zero-order chi connectivity index (χ0) is 29.7. The Morgan fingerprint density at radius 1 is 0.698 bits per heavy atom. The van der Waals surface area contributed by atoms with Gasteiger partial charge in [0.1, 0.15) is 22.7 Å². The standard InChI is InChI=1S/C39H39N2O2/c1-6-39(7-2)23-35-31(27-12-17-30(18-13-27)43-9-4)20-21-33-32-19-14-28(26-10-15-29(16-11-26)42-8-3)22-34(32)37-38(36(33)35)41(39)24-25(5)40-37/h10-22,24H,6-9,23H2,1-5H3/q+1. The van der Waals surface area contributed by atoms with Crippen LogP contribution in [-0.2, 0) is 12.0 Å². The summed E-state index contributed by atoms with van der Waals surface area (Å²) in [6.45, 7) is 12.2. The summed E-state index contributed by atoms with van der Waals surface area (Å²) in [4.78, 5) is 5.27. The molecule has 0 aliphatic carbocycles. The van der Waals surface area contributed by atoms with Gasteiger partial charge in [0, 0.05) is 24.6 Å². The largest absolute Gasteiger partial charge is 0.494 e. The predicted molar refractivity (Wildman–Crippen MR) is 177 cm³/mol. The van der Waals surface area contributed by atoms with Gasteiger partial charge in [0.2, 0.25) is 5.52 Å². The fourth-order valence-electron chi connectivity index (χ4n) is 7.24. The third-order valence-corrected chi connectivity index (χ3v) is 9.49. The van der Waals surface area contributed by atoms with Gasteiger partial charge in [-0.15, -0.1) is 0 Å². The molecule has 0 radical (unpaired) electrons. The maximum atomic E-state index is 5.76. The van der Waals surface area contributed by atoms with E-state index in [1.165, 1.54) is 54.9 Å². The summed E-state index contributed by atoms with van der Waals surface area (Å²) in [5.41, 5.74) is 9.71. The highest BCUT2D eigenvalue weighted by Crippen LogP contribution is 2.45. The summed E-state index contributed by atoms with van der Waals surface area (Å²) in [6.07, 6.45) is 5.39. The molecule has 0 fully saturated rings. The molecular formula is C39H39N2O2+. The maximum absolute atomic E-state index is 5.76. The van der Waals surface area contributed by atoms with Crippen LogP contribution < -0.4 is 14.0 Å². The molecule has 0 amide bonds. The second-order valence-electron chi connectivity index (χ2n) is 11.7. The third-order valence-electron chi connectivity index (χ3n) is 9.49. The van der Waals surface area contributed by atoms with E-state index in [4.69, 9.17) is 14.5 Å². The molecule has 2 heterocycles. The van der Waals surface area contributed by atoms with Crippen LogP contribution >= 0.6 is 0 Å². The van der Waals surface area contributed by atoms with E-state index in [-0.39, 0.29) is 5.54 Å². The lowest BCUT2D eigenvalue weighted by Crippen LogP contribution is -2.59. The van der Waals surface area contributed by atoms with Gasteiger partial charge in [0.25, 0.3) is 0 Å². The first kappa shape index (κ1) is 27.4. The fraction of sp³-hybridized carbons (Fsp3) is 0.282. The average Bonchev–Trinajstić information content (AvgIpc) is 3.04. The van der Waals surface area contributed by atoms with Gasteiger partial charge in [-0.05, 0) is 89.7 Å². The van der Waals surface area contributed by atoms with Gasteiger partial charge >= 0.3 is 0 Å². The number of nitrogens with zero attached hydrogens (tertiary/aromatic N) is 2. The average molecular weight is 568 g/mol. The van der Waals surface area contributed by atoms with Gasteiger partial charge in [-0.1, -0.05) is 62.4 Å². The first-order chi connectivity index (χ1) is 21.0. The van der Waals surface area contributed by atoms with E-state index in [1.54, 1.807) is 0 Å². The Hall–Kier alpha value is -4.44. The molecule has 7 rings (SSSR count). The Labute approximate surface area is 253 Å². The molecule has 1 aliphatic rings. The Bertz CT molecular complexity index is 1990. The van der Waals surface area contributed by atoms with E-state index in [1.807, 2.05) is 13.8 Å². The SMILES string of the molecule is CCOc1ccc(-c2ccc3c(c2)c2nc(C)c[n+]4c2c2c(c(-c5ccc(OCC)cc5)ccc32)CC4(CC)CC)cc1. The minimum absolute atomic E-state index is 0.0202. The molecule has 0 N–H and O–H groups in total. The maximum Gasteiger partial charge on any atom is 0.240 e. The second kappa shape index (κ2) is 10.7. The molecule has 0 atom stereocenters. The molecule has 4 heteroatoms. The lowest BCUT2D eigenvalue weighted by atomic mass is 9.77. The Balaban J connectivity index is 1.55. The van der Waals surface area contributed by atoms with E-state index in [9.17, 15) is 0 Å². The van der Waals surface area contributed by atoms with Crippen molar-refractivity contribution in [2.24, 2.45) is 0 Å². The van der Waals surface area contributed by atoms with Crippen LogP contribution in [0.2, 0.25) is 0 Å². The summed E-state index contributed by atoms with van der Waals surface area (Å²) in [7, 11) is 0. The van der Waals surface area contributed by atoms with Crippen LogP contribution in [0, 0.1) is 6.92 Å². The van der Waals surface area contributed by atoms with Crippen molar-refractivity contribution in [3.63, 3.8) is 0 Å². The highest BCUT2D eigenvalue weighted by molar-refractivity contribution is 6.24. The predicted octanol–water partition coefficient (Wildman–Crippen LogP) is 9.34. The number of rotatable bonds is 8. The van der Waals surface area contributed by atoms with E-state index in [0.717, 1.165) is 42.0 Å². The molecule has 0 bridgehead atoms. The summed E-state index contributed by atoms with van der Waals surface area (Å²) >= 11 is 0. The molecule has 4 nitrogen and oxygen atoms in total. The van der Waals surface area contributed by atoms with Crippen molar-refractivity contribution in [2.75, 3.05) is 13.2 Å². The van der Waals surface area contributed by atoms with Crippen LogP contribution in [0.25, 0.3) is 54.8 Å². The molecule has 0 saturated carbocycles. The van der Waals surface area contributed by atoms with Crippen LogP contribution in [0.5, 0.6) is 11.5 Å². The van der Waals surface area contributed by atoms with Crippen molar-refractivity contribution < 1.29 is 14.0 Å². The number of hydrogen-bond acceptors (Lipinski definition) is 3. The number of hydrogen-bond donors (Lipinski definition) is 0. The molecule has 0 saturated heterocycles. The van der Waals surface area contributed by atoms with Crippen molar-refractivity contribution in [2.45, 2.75) is 59.4 Å². The first-order valence-electron chi connectivity index (χ1n) is 15.7. The van der Waals surface area contributed by atoms with Gasteiger partial charge in [-0.2, -0.15) is 4.57 Å². The van der Waals surface area contributed by atoms with Crippen molar-refractivity contribution in [3.05, 3.63) is 96.3 Å². The second-order valence-corrected chi connectivity index (χ2v) is 11.7. The van der Waals surface area contributed by atoms with Crippen LogP contribution in [0.15, 0.2) is 85.1 Å². The zero-order valence-corrected chi connectivity index (χ0v) is 25.8. The molecule has 1 aliphatic heterocycles. The highest BCUT2D eigenvalue weighted by Gasteiger charge is 2.44. The Morgan fingerprint density at radius 2 is 1.30 bits per heavy atom. The molecule has 0 unspecified atom stereocenters. The van der Waals surface area contributed by atoms with Crippen LogP contribution in [0.4, 0.5) is 0 Å². The Morgan fingerprint density at radius 3 is 1.93 bits per heavy atom. The minimum atomic E-state index is -0.0202. The number of aryl methyl sites for hydroxylation is 1. The van der Waals surface area contributed by atoms with Crippen LogP contribution in [0.1, 0.15) is 51.8 Å². The van der Waals surface area contributed by atoms with Crippen LogP contribution in [0.3, 0.4) is 0 Å². The minimum Gasteiger partial charge on any atom is -0.494 e. The quantitative estimate of drug-likeness (QED) is 0.136. The van der Waals surface area contributed by atoms with Crippen molar-refractivity contribution in [1.29, 1.82) is 0 Å². The summed E-state index contributed by atoms with van der Waals surface area (Å²) in [5.74, 6) is 1.81.